The summed E-state index contributed by atoms with van der Waals surface area (Å²) in [6.45, 7) is 5.23. The molecule has 1 aromatic rings. The van der Waals surface area contributed by atoms with Crippen molar-refractivity contribution in [1.82, 2.24) is 4.90 Å². The van der Waals surface area contributed by atoms with E-state index >= 15 is 0 Å². The minimum Gasteiger partial charge on any atom is -0.364 e. The molecule has 0 aliphatic heterocycles. The van der Waals surface area contributed by atoms with Crippen LogP contribution in [-0.4, -0.2) is 32.2 Å². The molecule has 0 fully saturated rings. The van der Waals surface area contributed by atoms with Gasteiger partial charge in [0.1, 0.15) is 11.8 Å². The average Bonchev–Trinajstić information content (AvgIpc) is 2.44. The molecule has 0 saturated heterocycles. The van der Waals surface area contributed by atoms with Crippen LogP contribution in [0.1, 0.15) is 13.8 Å². The second-order valence-corrected chi connectivity index (χ2v) is 6.00. The Hall–Kier alpha value is -1.80. The minimum absolute atomic E-state index is 0.156. The van der Waals surface area contributed by atoms with Crippen molar-refractivity contribution in [2.24, 2.45) is 0 Å². The van der Waals surface area contributed by atoms with Gasteiger partial charge in [-0.15, -0.1) is 0 Å². The number of nitrogens with zero attached hydrogens (tertiary/aromatic N) is 2. The summed E-state index contributed by atoms with van der Waals surface area (Å²) >= 11 is 0. The molecule has 0 bridgehead atoms. The number of hydrogen-bond acceptors (Lipinski definition) is 4. The predicted octanol–water partition coefficient (Wildman–Crippen LogP) is 2.21. The fourth-order valence-corrected chi connectivity index (χ4v) is 2.86. The SMILES string of the molecule is CCN(CC)C(C#N)=CCS(=O)(=O)c1ccccc1. The summed E-state index contributed by atoms with van der Waals surface area (Å²) in [5.74, 6) is -0.156. The zero-order chi connectivity index (χ0) is 14.3. The summed E-state index contributed by atoms with van der Waals surface area (Å²) < 4.78 is 24.2. The molecule has 0 saturated carbocycles. The van der Waals surface area contributed by atoms with Gasteiger partial charge < -0.3 is 4.90 Å². The van der Waals surface area contributed by atoms with Gasteiger partial charge in [-0.05, 0) is 32.1 Å². The van der Waals surface area contributed by atoms with E-state index in [0.29, 0.717) is 18.8 Å². The molecule has 0 amide bonds. The largest absolute Gasteiger partial charge is 0.364 e. The van der Waals surface area contributed by atoms with Crippen molar-refractivity contribution in [3.05, 3.63) is 42.1 Å². The number of allylic oxidation sites excluding steroid dienone is 1. The highest BCUT2D eigenvalue weighted by Crippen LogP contribution is 2.12. The van der Waals surface area contributed by atoms with Crippen LogP contribution in [0.25, 0.3) is 0 Å². The number of rotatable bonds is 6. The molecule has 0 heterocycles. The first-order valence-electron chi connectivity index (χ1n) is 6.18. The summed E-state index contributed by atoms with van der Waals surface area (Å²) in [4.78, 5) is 2.11. The van der Waals surface area contributed by atoms with E-state index in [2.05, 4.69) is 6.07 Å². The fourth-order valence-electron chi connectivity index (χ4n) is 1.72. The maximum atomic E-state index is 12.1. The van der Waals surface area contributed by atoms with E-state index in [-0.39, 0.29) is 10.6 Å². The lowest BCUT2D eigenvalue weighted by atomic mass is 10.3. The highest BCUT2D eigenvalue weighted by molar-refractivity contribution is 7.91. The molecule has 0 radical (unpaired) electrons. The standard InChI is InChI=1S/C14H18N2O2S/c1-3-16(4-2)13(12-15)10-11-19(17,18)14-8-6-5-7-9-14/h5-10H,3-4,11H2,1-2H3. The van der Waals surface area contributed by atoms with Gasteiger partial charge in [0.15, 0.2) is 9.84 Å². The molecule has 0 aromatic heterocycles. The Morgan fingerprint density at radius 3 is 2.32 bits per heavy atom. The Kier molecular flexibility index (Phi) is 5.58. The van der Waals surface area contributed by atoms with Gasteiger partial charge in [-0.3, -0.25) is 0 Å². The molecular weight excluding hydrogens is 260 g/mol. The molecule has 1 aromatic carbocycles. The van der Waals surface area contributed by atoms with Crippen LogP contribution in [0.15, 0.2) is 47.0 Å². The van der Waals surface area contributed by atoms with Crippen molar-refractivity contribution in [3.8, 4) is 6.07 Å². The van der Waals surface area contributed by atoms with E-state index in [1.54, 1.807) is 30.3 Å². The van der Waals surface area contributed by atoms with E-state index in [0.717, 1.165) is 0 Å². The molecule has 0 aliphatic rings. The van der Waals surface area contributed by atoms with E-state index in [4.69, 9.17) is 5.26 Å². The van der Waals surface area contributed by atoms with Crippen molar-refractivity contribution in [3.63, 3.8) is 0 Å². The van der Waals surface area contributed by atoms with Gasteiger partial charge in [-0.2, -0.15) is 5.26 Å². The van der Waals surface area contributed by atoms with E-state index in [1.165, 1.54) is 6.08 Å². The van der Waals surface area contributed by atoms with Crippen LogP contribution >= 0.6 is 0 Å². The van der Waals surface area contributed by atoms with Gasteiger partial charge in [-0.25, -0.2) is 8.42 Å². The first kappa shape index (κ1) is 15.3. The third kappa shape index (κ3) is 4.11. The molecule has 19 heavy (non-hydrogen) atoms. The van der Waals surface area contributed by atoms with Crippen LogP contribution in [0.5, 0.6) is 0 Å². The van der Waals surface area contributed by atoms with Gasteiger partial charge in [0.25, 0.3) is 0 Å². The van der Waals surface area contributed by atoms with Crippen molar-refractivity contribution in [2.75, 3.05) is 18.8 Å². The number of nitriles is 1. The Morgan fingerprint density at radius 2 is 1.84 bits per heavy atom. The van der Waals surface area contributed by atoms with E-state index in [9.17, 15) is 8.42 Å². The molecule has 0 unspecified atom stereocenters. The zero-order valence-electron chi connectivity index (χ0n) is 11.2. The summed E-state index contributed by atoms with van der Waals surface area (Å²) in [6, 6.07) is 10.3. The molecule has 0 aliphatic carbocycles. The molecule has 1 rings (SSSR count). The summed E-state index contributed by atoms with van der Waals surface area (Å²) in [5.41, 5.74) is 0.407. The first-order chi connectivity index (χ1) is 9.05. The van der Waals surface area contributed by atoms with E-state index < -0.39 is 9.84 Å². The maximum absolute atomic E-state index is 12.1. The van der Waals surface area contributed by atoms with Gasteiger partial charge in [0.2, 0.25) is 0 Å². The van der Waals surface area contributed by atoms with E-state index in [1.807, 2.05) is 18.7 Å². The normalized spacial score (nSPS) is 11.9. The smallest absolute Gasteiger partial charge is 0.182 e. The second-order valence-electron chi connectivity index (χ2n) is 3.97. The van der Waals surface area contributed by atoms with Crippen LogP contribution in [-0.2, 0) is 9.84 Å². The average molecular weight is 278 g/mol. The Balaban J connectivity index is 2.94. The van der Waals surface area contributed by atoms with Crippen molar-refractivity contribution >= 4 is 9.84 Å². The number of sulfone groups is 1. The van der Waals surface area contributed by atoms with Crippen LogP contribution in [0.2, 0.25) is 0 Å². The van der Waals surface area contributed by atoms with Crippen LogP contribution in [0, 0.1) is 11.3 Å². The first-order valence-corrected chi connectivity index (χ1v) is 7.83. The zero-order valence-corrected chi connectivity index (χ0v) is 12.0. The lowest BCUT2D eigenvalue weighted by Gasteiger charge is -2.19. The molecule has 0 atom stereocenters. The second kappa shape index (κ2) is 6.95. The van der Waals surface area contributed by atoms with Gasteiger partial charge >= 0.3 is 0 Å². The van der Waals surface area contributed by atoms with Crippen molar-refractivity contribution < 1.29 is 8.42 Å². The van der Waals surface area contributed by atoms with Gasteiger partial charge in [0, 0.05) is 13.1 Å². The van der Waals surface area contributed by atoms with Crippen LogP contribution in [0.4, 0.5) is 0 Å². The topological polar surface area (TPSA) is 61.2 Å². The Morgan fingerprint density at radius 1 is 1.26 bits per heavy atom. The molecule has 4 nitrogen and oxygen atoms in total. The summed E-state index contributed by atoms with van der Waals surface area (Å²) in [6.07, 6.45) is 1.48. The van der Waals surface area contributed by atoms with Gasteiger partial charge in [0.05, 0.1) is 10.6 Å². The highest BCUT2D eigenvalue weighted by atomic mass is 32.2. The predicted molar refractivity (Wildman–Crippen MR) is 75.1 cm³/mol. The summed E-state index contributed by atoms with van der Waals surface area (Å²) in [5, 5.41) is 9.07. The minimum atomic E-state index is -3.37. The third-order valence-corrected chi connectivity index (χ3v) is 4.41. The van der Waals surface area contributed by atoms with Gasteiger partial charge in [-0.1, -0.05) is 18.2 Å². The molecule has 0 spiro atoms. The Bertz CT molecular complexity index is 567. The monoisotopic (exact) mass is 278 g/mol. The molecule has 102 valence electrons. The van der Waals surface area contributed by atoms with Crippen molar-refractivity contribution in [2.45, 2.75) is 18.7 Å². The fraction of sp³-hybridized carbons (Fsp3) is 0.357. The molecule has 0 N–H and O–H groups in total. The molecule has 5 heteroatoms. The summed E-state index contributed by atoms with van der Waals surface area (Å²) in [7, 11) is -3.37. The lowest BCUT2D eigenvalue weighted by Crippen LogP contribution is -2.22. The number of hydrogen-bond donors (Lipinski definition) is 0. The quantitative estimate of drug-likeness (QED) is 0.748. The van der Waals surface area contributed by atoms with Crippen LogP contribution < -0.4 is 0 Å². The van der Waals surface area contributed by atoms with Crippen LogP contribution in [0.3, 0.4) is 0 Å². The highest BCUT2D eigenvalue weighted by Gasteiger charge is 2.13. The maximum Gasteiger partial charge on any atom is 0.182 e. The Labute approximate surface area is 114 Å². The lowest BCUT2D eigenvalue weighted by molar-refractivity contribution is 0.396. The number of benzene rings is 1. The third-order valence-electron chi connectivity index (χ3n) is 2.82. The van der Waals surface area contributed by atoms with Crippen molar-refractivity contribution in [1.29, 1.82) is 5.26 Å². The molecular formula is C14H18N2O2S.